The van der Waals surface area contributed by atoms with Crippen LogP contribution < -0.4 is 4.90 Å². The minimum atomic E-state index is -0.425. The van der Waals surface area contributed by atoms with Crippen LogP contribution in [0.4, 0.5) is 5.13 Å². The van der Waals surface area contributed by atoms with E-state index in [1.165, 1.54) is 11.3 Å². The van der Waals surface area contributed by atoms with Crippen LogP contribution in [0.1, 0.15) is 28.7 Å². The lowest BCUT2D eigenvalue weighted by Gasteiger charge is -2.11. The molecule has 0 radical (unpaired) electrons. The number of hydrogen-bond acceptors (Lipinski definition) is 5. The van der Waals surface area contributed by atoms with E-state index in [4.69, 9.17) is 4.74 Å². The van der Waals surface area contributed by atoms with Crippen LogP contribution in [0.15, 0.2) is 0 Å². The van der Waals surface area contributed by atoms with Crippen molar-refractivity contribution in [2.75, 3.05) is 23.4 Å². The predicted octanol–water partition coefficient (Wildman–Crippen LogP) is 2.38. The second-order valence-corrected chi connectivity index (χ2v) is 6.18. The smallest absolute Gasteiger partial charge is 0.358 e. The summed E-state index contributed by atoms with van der Waals surface area (Å²) in [5.74, 6) is -0.0532. The molecule has 1 aromatic rings. The molecule has 7 heteroatoms. The van der Waals surface area contributed by atoms with Crippen molar-refractivity contribution in [3.63, 3.8) is 0 Å². The molecule has 0 aromatic carbocycles. The van der Waals surface area contributed by atoms with Gasteiger partial charge in [0.15, 0.2) is 10.8 Å². The maximum atomic E-state index is 11.9. The first-order valence-electron chi connectivity index (χ1n) is 6.07. The van der Waals surface area contributed by atoms with Gasteiger partial charge in [0.05, 0.1) is 6.61 Å². The van der Waals surface area contributed by atoms with Crippen molar-refractivity contribution < 1.29 is 14.3 Å². The topological polar surface area (TPSA) is 59.5 Å². The van der Waals surface area contributed by atoms with Gasteiger partial charge in [0.25, 0.3) is 0 Å². The molecule has 1 saturated heterocycles. The van der Waals surface area contributed by atoms with Gasteiger partial charge in [0, 0.05) is 23.2 Å². The minimum absolute atomic E-state index is 0.0635. The van der Waals surface area contributed by atoms with E-state index < -0.39 is 5.97 Å². The molecule has 1 fully saturated rings. The summed E-state index contributed by atoms with van der Waals surface area (Å²) < 4.78 is 4.95. The van der Waals surface area contributed by atoms with E-state index in [2.05, 4.69) is 20.9 Å². The summed E-state index contributed by atoms with van der Waals surface area (Å²) >= 11 is 4.76. The van der Waals surface area contributed by atoms with Gasteiger partial charge >= 0.3 is 5.97 Å². The lowest BCUT2D eigenvalue weighted by Crippen LogP contribution is -2.24. The van der Waals surface area contributed by atoms with Crippen molar-refractivity contribution in [3.05, 3.63) is 10.6 Å². The molecule has 0 aliphatic carbocycles. The zero-order chi connectivity index (χ0) is 14.0. The van der Waals surface area contributed by atoms with E-state index in [1.54, 1.807) is 11.8 Å². The van der Waals surface area contributed by atoms with Crippen LogP contribution in [-0.4, -0.2) is 35.3 Å². The van der Waals surface area contributed by atoms with Gasteiger partial charge < -0.3 is 4.74 Å². The summed E-state index contributed by atoms with van der Waals surface area (Å²) in [4.78, 5) is 30.3. The molecule has 0 spiro atoms. The number of carbonyl (C=O) groups is 2. The highest BCUT2D eigenvalue weighted by Gasteiger charge is 2.32. The number of amides is 1. The third kappa shape index (κ3) is 2.97. The first kappa shape index (κ1) is 14.5. The second-order valence-electron chi connectivity index (χ2n) is 4.35. The normalized spacial score (nSPS) is 19.0. The van der Waals surface area contributed by atoms with Crippen LogP contribution in [0.25, 0.3) is 0 Å². The molecular formula is C12H15BrN2O3S. The Morgan fingerprint density at radius 3 is 2.95 bits per heavy atom. The summed E-state index contributed by atoms with van der Waals surface area (Å²) in [6, 6.07) is 0. The van der Waals surface area contributed by atoms with Gasteiger partial charge in [-0.1, -0.05) is 15.9 Å². The van der Waals surface area contributed by atoms with Crippen LogP contribution in [0.3, 0.4) is 0 Å². The summed E-state index contributed by atoms with van der Waals surface area (Å²) in [5.41, 5.74) is 0.317. The maximum Gasteiger partial charge on any atom is 0.358 e. The molecule has 1 unspecified atom stereocenters. The Morgan fingerprint density at radius 1 is 1.63 bits per heavy atom. The molecule has 1 atom stereocenters. The number of anilines is 1. The van der Waals surface area contributed by atoms with Gasteiger partial charge in [0.1, 0.15) is 0 Å². The number of nitrogens with zero attached hydrogens (tertiary/aromatic N) is 2. The molecule has 1 aliphatic rings. The number of halogens is 1. The molecule has 0 N–H and O–H groups in total. The molecule has 0 bridgehead atoms. The molecule has 2 heterocycles. The molecule has 1 aliphatic heterocycles. The van der Waals surface area contributed by atoms with Crippen molar-refractivity contribution in [2.45, 2.75) is 20.3 Å². The molecule has 5 nitrogen and oxygen atoms in total. The van der Waals surface area contributed by atoms with Gasteiger partial charge in [0.2, 0.25) is 5.91 Å². The summed E-state index contributed by atoms with van der Waals surface area (Å²) in [7, 11) is 0. The average Bonchev–Trinajstić information content (AvgIpc) is 2.92. The fourth-order valence-electron chi connectivity index (χ4n) is 1.96. The highest BCUT2D eigenvalue weighted by molar-refractivity contribution is 9.09. The van der Waals surface area contributed by atoms with Gasteiger partial charge in [-0.05, 0) is 19.8 Å². The quantitative estimate of drug-likeness (QED) is 0.620. The molecule has 1 amide bonds. The van der Waals surface area contributed by atoms with Gasteiger partial charge in [-0.15, -0.1) is 11.3 Å². The zero-order valence-corrected chi connectivity index (χ0v) is 13.2. The van der Waals surface area contributed by atoms with E-state index in [0.717, 1.165) is 10.2 Å². The Labute approximate surface area is 124 Å². The predicted molar refractivity (Wildman–Crippen MR) is 77.1 cm³/mol. The first-order chi connectivity index (χ1) is 9.06. The number of rotatable bonds is 4. The number of aryl methyl sites for hydroxylation is 1. The standard InChI is InChI=1S/C12H15BrN2O3S/c1-3-18-11(17)10-7(2)19-12(14-10)15-6-8(5-13)4-9(15)16/h8H,3-6H2,1-2H3. The number of carbonyl (C=O) groups excluding carboxylic acids is 2. The fraction of sp³-hybridized carbons (Fsp3) is 0.583. The minimum Gasteiger partial charge on any atom is -0.461 e. The third-order valence-corrected chi connectivity index (χ3v) is 4.82. The highest BCUT2D eigenvalue weighted by Crippen LogP contribution is 2.31. The Hall–Kier alpha value is -0.950. The fourth-order valence-corrected chi connectivity index (χ4v) is 3.31. The van der Waals surface area contributed by atoms with E-state index >= 15 is 0 Å². The van der Waals surface area contributed by atoms with Gasteiger partial charge in [-0.3, -0.25) is 9.69 Å². The lowest BCUT2D eigenvalue weighted by atomic mass is 10.2. The van der Waals surface area contributed by atoms with Crippen LogP contribution in [0.2, 0.25) is 0 Å². The van der Waals surface area contributed by atoms with Crippen LogP contribution in [0.5, 0.6) is 0 Å². The lowest BCUT2D eigenvalue weighted by molar-refractivity contribution is -0.117. The van der Waals surface area contributed by atoms with Gasteiger partial charge in [-0.2, -0.15) is 0 Å². The van der Waals surface area contributed by atoms with Crippen LogP contribution >= 0.6 is 27.3 Å². The summed E-state index contributed by atoms with van der Waals surface area (Å²) in [6.45, 7) is 4.54. The monoisotopic (exact) mass is 346 g/mol. The number of hydrogen-bond donors (Lipinski definition) is 0. The van der Waals surface area contributed by atoms with Crippen molar-refractivity contribution in [2.24, 2.45) is 5.92 Å². The largest absolute Gasteiger partial charge is 0.461 e. The average molecular weight is 347 g/mol. The molecule has 104 valence electrons. The number of ether oxygens (including phenoxy) is 1. The Morgan fingerprint density at radius 2 is 2.37 bits per heavy atom. The van der Waals surface area contributed by atoms with Gasteiger partial charge in [-0.25, -0.2) is 9.78 Å². The summed E-state index contributed by atoms with van der Waals surface area (Å²) in [5, 5.41) is 1.39. The number of esters is 1. The molecular weight excluding hydrogens is 332 g/mol. The van der Waals surface area contributed by atoms with Crippen molar-refractivity contribution >= 4 is 44.3 Å². The van der Waals surface area contributed by atoms with E-state index in [-0.39, 0.29) is 5.91 Å². The maximum absolute atomic E-state index is 11.9. The SMILES string of the molecule is CCOC(=O)c1nc(N2CC(CBr)CC2=O)sc1C. The molecule has 19 heavy (non-hydrogen) atoms. The van der Waals surface area contributed by atoms with E-state index in [1.807, 2.05) is 6.92 Å². The van der Waals surface area contributed by atoms with E-state index in [0.29, 0.717) is 36.3 Å². The van der Waals surface area contributed by atoms with Crippen LogP contribution in [0, 0.1) is 12.8 Å². The number of aromatic nitrogens is 1. The summed E-state index contributed by atoms with van der Waals surface area (Å²) in [6.07, 6.45) is 0.526. The van der Waals surface area contributed by atoms with E-state index in [9.17, 15) is 9.59 Å². The van der Waals surface area contributed by atoms with Crippen molar-refractivity contribution in [1.29, 1.82) is 0 Å². The highest BCUT2D eigenvalue weighted by atomic mass is 79.9. The Bertz CT molecular complexity index is 503. The molecule has 0 saturated carbocycles. The van der Waals surface area contributed by atoms with Crippen molar-refractivity contribution in [3.8, 4) is 0 Å². The van der Waals surface area contributed by atoms with Crippen LogP contribution in [-0.2, 0) is 9.53 Å². The zero-order valence-electron chi connectivity index (χ0n) is 10.8. The first-order valence-corrected chi connectivity index (χ1v) is 8.01. The number of alkyl halides is 1. The molecule has 1 aromatic heterocycles. The number of thiazole rings is 1. The Balaban J connectivity index is 2.20. The van der Waals surface area contributed by atoms with Crippen molar-refractivity contribution in [1.82, 2.24) is 4.98 Å². The molecule has 2 rings (SSSR count). The Kier molecular flexibility index (Phi) is 4.57. The third-order valence-electron chi connectivity index (χ3n) is 2.91. The second kappa shape index (κ2) is 6.00.